The molecule has 1 rings (SSSR count). The van der Waals surface area contributed by atoms with Crippen molar-refractivity contribution in [3.8, 4) is 0 Å². The molecule has 0 heterocycles. The molecule has 1 aromatic carbocycles. The Morgan fingerprint density at radius 2 is 2.17 bits per heavy atom. The van der Waals surface area contributed by atoms with Crippen molar-refractivity contribution >= 4 is 11.4 Å². The van der Waals surface area contributed by atoms with Gasteiger partial charge in [-0.05, 0) is 37.8 Å². The van der Waals surface area contributed by atoms with E-state index in [1.807, 2.05) is 32.0 Å². The van der Waals surface area contributed by atoms with Crippen molar-refractivity contribution < 1.29 is 9.57 Å². The summed E-state index contributed by atoms with van der Waals surface area (Å²) in [5.41, 5.74) is 4.14. The first kappa shape index (κ1) is 18.9. The third-order valence-electron chi connectivity index (χ3n) is 3.75. The molecule has 0 amide bonds. The summed E-state index contributed by atoms with van der Waals surface area (Å²) in [5.74, 6) is 5.33. The Kier molecular flexibility index (Phi) is 8.67. The van der Waals surface area contributed by atoms with Gasteiger partial charge in [-0.2, -0.15) is 0 Å². The molecule has 1 atom stereocenters. The minimum atomic E-state index is 0.125. The molecule has 0 aliphatic rings. The van der Waals surface area contributed by atoms with Gasteiger partial charge in [0.25, 0.3) is 0 Å². The van der Waals surface area contributed by atoms with Crippen molar-refractivity contribution in [2.24, 2.45) is 27.3 Å². The molecule has 0 saturated heterocycles. The highest BCUT2D eigenvalue weighted by Crippen LogP contribution is 2.20. The molecule has 0 aromatic heterocycles. The maximum absolute atomic E-state index is 5.53. The van der Waals surface area contributed by atoms with Crippen molar-refractivity contribution in [2.45, 2.75) is 40.7 Å². The number of hydrogen-bond donors (Lipinski definition) is 2. The Morgan fingerprint density at radius 1 is 1.39 bits per heavy atom. The number of hydrogen-bond acceptors (Lipinski definition) is 6. The Balaban J connectivity index is 2.63. The van der Waals surface area contributed by atoms with E-state index >= 15 is 0 Å². The summed E-state index contributed by atoms with van der Waals surface area (Å²) in [6, 6.07) is 6.00. The predicted octanol–water partition coefficient (Wildman–Crippen LogP) is 3.60. The second-order valence-electron chi connectivity index (χ2n) is 5.33. The fraction of sp³-hybridized carbons (Fsp3) is 0.562. The zero-order valence-electron chi connectivity index (χ0n) is 14.4. The van der Waals surface area contributed by atoms with Crippen molar-refractivity contribution in [3.63, 3.8) is 0 Å². The third kappa shape index (κ3) is 6.65. The topological polar surface area (TPSA) is 93.6 Å². The van der Waals surface area contributed by atoms with Crippen LogP contribution in [0.25, 0.3) is 0 Å². The van der Waals surface area contributed by atoms with E-state index in [4.69, 9.17) is 15.4 Å². The number of rotatable bonds is 10. The summed E-state index contributed by atoms with van der Waals surface area (Å²) in [6.45, 7) is 9.15. The van der Waals surface area contributed by atoms with Gasteiger partial charge >= 0.3 is 0 Å². The number of nitrogens with zero attached hydrogens (tertiary/aromatic N) is 3. The van der Waals surface area contributed by atoms with E-state index in [0.29, 0.717) is 19.3 Å². The van der Waals surface area contributed by atoms with Crippen LogP contribution in [0.3, 0.4) is 0 Å². The van der Waals surface area contributed by atoms with Gasteiger partial charge in [-0.15, -0.1) is 5.11 Å². The summed E-state index contributed by atoms with van der Waals surface area (Å²) in [4.78, 5) is 5.53. The Morgan fingerprint density at radius 3 is 2.87 bits per heavy atom. The van der Waals surface area contributed by atoms with E-state index in [2.05, 4.69) is 34.7 Å². The average molecular weight is 321 g/mol. The second kappa shape index (κ2) is 10.6. The molecule has 0 radical (unpaired) electrons. The van der Waals surface area contributed by atoms with Crippen LogP contribution in [0.4, 0.5) is 5.69 Å². The number of aryl methyl sites for hydroxylation is 1. The van der Waals surface area contributed by atoms with Crippen LogP contribution < -0.4 is 11.2 Å². The number of nitrogens with one attached hydrogen (secondary N) is 1. The van der Waals surface area contributed by atoms with Crippen molar-refractivity contribution in [1.29, 1.82) is 0 Å². The first-order chi connectivity index (χ1) is 11.1. The maximum atomic E-state index is 5.53. The molecule has 3 N–H and O–H groups in total. The smallest absolute Gasteiger partial charge is 0.162 e. The largest absolute Gasteiger partial charge is 0.391 e. The van der Waals surface area contributed by atoms with Crippen LogP contribution in [0.1, 0.15) is 38.3 Å². The number of anilines is 1. The number of oxime groups is 1. The molecule has 7 nitrogen and oxygen atoms in total. The van der Waals surface area contributed by atoms with Crippen LogP contribution in [0, 0.1) is 12.8 Å². The number of benzene rings is 1. The molecule has 0 aliphatic heterocycles. The fourth-order valence-electron chi connectivity index (χ4n) is 1.89. The molecular weight excluding hydrogens is 294 g/mol. The summed E-state index contributed by atoms with van der Waals surface area (Å²) in [5, 5.41) is 14.1. The molecule has 7 heteroatoms. The first-order valence-electron chi connectivity index (χ1n) is 7.73. The molecule has 128 valence electrons. The monoisotopic (exact) mass is 321 g/mol. The van der Waals surface area contributed by atoms with Gasteiger partial charge in [-0.25, -0.2) is 0 Å². The number of ether oxygens (including phenoxy) is 1. The molecule has 0 aliphatic carbocycles. The predicted molar refractivity (Wildman–Crippen MR) is 92.0 cm³/mol. The zero-order valence-corrected chi connectivity index (χ0v) is 14.4. The highest BCUT2D eigenvalue weighted by molar-refractivity contribution is 5.83. The summed E-state index contributed by atoms with van der Waals surface area (Å²) in [7, 11) is 0. The molecule has 0 bridgehead atoms. The Hall–Kier alpha value is -2.15. The van der Waals surface area contributed by atoms with Crippen molar-refractivity contribution in [2.75, 3.05) is 18.8 Å². The SMILES string of the molecule is CCC(C)/C(C)=N/OCc1c(C)cccc1NCOCN=NN. The third-order valence-corrected chi connectivity index (χ3v) is 3.75. The van der Waals surface area contributed by atoms with Gasteiger partial charge in [0.2, 0.25) is 0 Å². The highest BCUT2D eigenvalue weighted by atomic mass is 16.6. The zero-order chi connectivity index (χ0) is 17.1. The van der Waals surface area contributed by atoms with E-state index in [1.165, 1.54) is 0 Å². The van der Waals surface area contributed by atoms with Gasteiger partial charge in [0.15, 0.2) is 6.73 Å². The molecule has 0 spiro atoms. The first-order valence-corrected chi connectivity index (χ1v) is 7.73. The lowest BCUT2D eigenvalue weighted by Gasteiger charge is -2.14. The standard InChI is InChI=1S/C16H27N5O2/c1-5-12(2)14(4)20-23-9-15-13(3)7-6-8-16(15)18-10-22-11-19-21-17/h6-8,12,18H,5,9-11H2,1-4H3,(H2,17,19)/b20-14+. The normalized spacial score (nSPS) is 13.3. The number of nitrogens with two attached hydrogens (primary N) is 1. The van der Waals surface area contributed by atoms with Crippen LogP contribution in [-0.4, -0.2) is 19.2 Å². The molecule has 0 saturated carbocycles. The van der Waals surface area contributed by atoms with Gasteiger partial charge in [0, 0.05) is 11.3 Å². The Bertz CT molecular complexity index is 531. The molecular formula is C16H27N5O2. The van der Waals surface area contributed by atoms with E-state index in [0.717, 1.165) is 28.9 Å². The second-order valence-corrected chi connectivity index (χ2v) is 5.33. The molecule has 1 aromatic rings. The Labute approximate surface area is 137 Å². The van der Waals surface area contributed by atoms with Gasteiger partial charge in [-0.3, -0.25) is 0 Å². The van der Waals surface area contributed by atoms with Gasteiger partial charge < -0.3 is 20.7 Å². The van der Waals surface area contributed by atoms with Crippen LogP contribution in [-0.2, 0) is 16.2 Å². The van der Waals surface area contributed by atoms with Gasteiger partial charge in [-0.1, -0.05) is 36.4 Å². The molecule has 23 heavy (non-hydrogen) atoms. The fourth-order valence-corrected chi connectivity index (χ4v) is 1.89. The van der Waals surface area contributed by atoms with Gasteiger partial charge in [0.05, 0.1) is 5.71 Å². The van der Waals surface area contributed by atoms with Crippen molar-refractivity contribution in [1.82, 2.24) is 0 Å². The summed E-state index contributed by atoms with van der Waals surface area (Å²) in [6.07, 6.45) is 1.05. The van der Waals surface area contributed by atoms with E-state index in [1.54, 1.807) is 0 Å². The van der Waals surface area contributed by atoms with Crippen LogP contribution in [0.15, 0.2) is 33.7 Å². The quantitative estimate of drug-likeness (QED) is 0.172. The minimum Gasteiger partial charge on any atom is -0.391 e. The van der Waals surface area contributed by atoms with Gasteiger partial charge in [0.1, 0.15) is 13.3 Å². The maximum Gasteiger partial charge on any atom is 0.162 e. The lowest BCUT2D eigenvalue weighted by atomic mass is 10.1. The van der Waals surface area contributed by atoms with E-state index in [-0.39, 0.29) is 6.73 Å². The van der Waals surface area contributed by atoms with Crippen LogP contribution in [0.5, 0.6) is 0 Å². The van der Waals surface area contributed by atoms with Crippen LogP contribution in [0.2, 0.25) is 0 Å². The lowest BCUT2D eigenvalue weighted by molar-refractivity contribution is 0.128. The molecule has 0 fully saturated rings. The summed E-state index contributed by atoms with van der Waals surface area (Å²) < 4.78 is 5.24. The average Bonchev–Trinajstić information content (AvgIpc) is 2.55. The summed E-state index contributed by atoms with van der Waals surface area (Å²) >= 11 is 0. The molecule has 1 unspecified atom stereocenters. The van der Waals surface area contributed by atoms with Crippen molar-refractivity contribution in [3.05, 3.63) is 29.3 Å². The minimum absolute atomic E-state index is 0.125. The van der Waals surface area contributed by atoms with E-state index in [9.17, 15) is 0 Å². The van der Waals surface area contributed by atoms with Crippen LogP contribution >= 0.6 is 0 Å². The van der Waals surface area contributed by atoms with E-state index < -0.39 is 0 Å². The highest BCUT2D eigenvalue weighted by Gasteiger charge is 2.07. The lowest BCUT2D eigenvalue weighted by Crippen LogP contribution is -2.10.